The number of hydrogen-bond donors (Lipinski definition) is 2. The largest absolute Gasteiger partial charge is 0.446 e. The molecule has 0 saturated carbocycles. The highest BCUT2D eigenvalue weighted by molar-refractivity contribution is 7.48. The van der Waals surface area contributed by atoms with E-state index in [-0.39, 0.29) is 18.9 Å². The van der Waals surface area contributed by atoms with Crippen LogP contribution in [-0.4, -0.2) is 29.5 Å². The van der Waals surface area contributed by atoms with E-state index in [1.54, 1.807) is 0 Å². The van der Waals surface area contributed by atoms with Crippen molar-refractivity contribution in [1.29, 1.82) is 0 Å². The van der Waals surface area contributed by atoms with E-state index in [2.05, 4.69) is 32.9 Å². The third kappa shape index (κ3) is 2.92. The molecular formula is C14H21O4P. The molecule has 5 heteroatoms. The number of para-hydroxylation sites is 1. The molecule has 1 aliphatic heterocycles. The van der Waals surface area contributed by atoms with Crippen LogP contribution in [-0.2, 0) is 4.52 Å². The number of hydrogen-bond acceptors (Lipinski definition) is 4. The Kier molecular flexibility index (Phi) is 4.80. The quantitative estimate of drug-likeness (QED) is 0.816. The average molecular weight is 284 g/mol. The summed E-state index contributed by atoms with van der Waals surface area (Å²) < 4.78 is 11.6. The molecule has 0 aromatic heterocycles. The van der Waals surface area contributed by atoms with E-state index in [1.807, 2.05) is 6.07 Å². The van der Waals surface area contributed by atoms with Crippen molar-refractivity contribution in [2.45, 2.75) is 38.5 Å². The summed E-state index contributed by atoms with van der Waals surface area (Å²) in [6, 6.07) is 6.18. The van der Waals surface area contributed by atoms with E-state index in [9.17, 15) is 0 Å². The first-order chi connectivity index (χ1) is 9.08. The molecular weight excluding hydrogens is 263 g/mol. The molecule has 2 atom stereocenters. The molecule has 0 radical (unpaired) electrons. The maximum absolute atomic E-state index is 9.10. The van der Waals surface area contributed by atoms with Crippen LogP contribution in [0.5, 0.6) is 5.75 Å². The third-order valence-corrected chi connectivity index (χ3v) is 5.08. The van der Waals surface area contributed by atoms with Gasteiger partial charge >= 0.3 is 0 Å². The lowest BCUT2D eigenvalue weighted by atomic mass is 9.98. The van der Waals surface area contributed by atoms with E-state index in [0.717, 1.165) is 11.3 Å². The number of fused-ring (bicyclic) bond motifs is 1. The Morgan fingerprint density at radius 3 is 2.58 bits per heavy atom. The first-order valence-electron chi connectivity index (χ1n) is 6.57. The Labute approximate surface area is 115 Å². The van der Waals surface area contributed by atoms with Crippen molar-refractivity contribution in [3.8, 4) is 5.75 Å². The summed E-state index contributed by atoms with van der Waals surface area (Å²) in [5, 5.41) is 18.2. The topological polar surface area (TPSA) is 58.9 Å². The van der Waals surface area contributed by atoms with Gasteiger partial charge in [-0.2, -0.15) is 0 Å². The summed E-state index contributed by atoms with van der Waals surface area (Å²) in [6.45, 7) is 5.94. The second-order valence-corrected chi connectivity index (χ2v) is 6.80. The Morgan fingerprint density at radius 1 is 1.32 bits per heavy atom. The molecule has 0 aliphatic carbocycles. The van der Waals surface area contributed by atoms with Crippen LogP contribution in [0.4, 0.5) is 0 Å². The van der Waals surface area contributed by atoms with Crippen LogP contribution < -0.4 is 4.52 Å². The Morgan fingerprint density at radius 2 is 2.00 bits per heavy atom. The van der Waals surface area contributed by atoms with Crippen LogP contribution in [0.2, 0.25) is 0 Å². The standard InChI is InChI=1S/C14H21O4P/c1-9(2)12-5-4-6-13-10(3)19(18-14(12)13)17-11(7-15)8-16/h4-6,9-11,15-16H,7-8H2,1-3H3. The normalized spacial score (nSPS) is 21.8. The smallest absolute Gasteiger partial charge is 0.238 e. The van der Waals surface area contributed by atoms with Gasteiger partial charge in [-0.05, 0) is 18.4 Å². The van der Waals surface area contributed by atoms with Crippen molar-refractivity contribution in [3.05, 3.63) is 29.3 Å². The Balaban J connectivity index is 2.21. The zero-order chi connectivity index (χ0) is 14.0. The molecule has 0 saturated heterocycles. The number of aliphatic hydroxyl groups is 2. The lowest BCUT2D eigenvalue weighted by Gasteiger charge is -2.20. The minimum absolute atomic E-state index is 0.157. The van der Waals surface area contributed by atoms with E-state index in [4.69, 9.17) is 19.3 Å². The lowest BCUT2D eigenvalue weighted by molar-refractivity contribution is 0.0650. The molecule has 1 heterocycles. The van der Waals surface area contributed by atoms with Gasteiger partial charge in [0.1, 0.15) is 11.9 Å². The maximum atomic E-state index is 9.10. The summed E-state index contributed by atoms with van der Waals surface area (Å²) in [7, 11) is -1.15. The number of benzene rings is 1. The van der Waals surface area contributed by atoms with Gasteiger partial charge in [0.05, 0.1) is 18.9 Å². The van der Waals surface area contributed by atoms with Gasteiger partial charge in [-0.1, -0.05) is 32.0 Å². The molecule has 0 amide bonds. The molecule has 19 heavy (non-hydrogen) atoms. The van der Waals surface area contributed by atoms with Crippen molar-refractivity contribution in [2.75, 3.05) is 13.2 Å². The van der Waals surface area contributed by atoms with Crippen LogP contribution in [0.15, 0.2) is 18.2 Å². The van der Waals surface area contributed by atoms with Gasteiger partial charge in [0, 0.05) is 5.56 Å². The fourth-order valence-electron chi connectivity index (χ4n) is 2.13. The van der Waals surface area contributed by atoms with E-state index in [0.29, 0.717) is 5.92 Å². The fourth-order valence-corrected chi connectivity index (χ4v) is 3.76. The summed E-state index contributed by atoms with van der Waals surface area (Å²) in [4.78, 5) is 0. The van der Waals surface area contributed by atoms with Gasteiger partial charge < -0.3 is 19.3 Å². The van der Waals surface area contributed by atoms with E-state index < -0.39 is 14.5 Å². The molecule has 0 bridgehead atoms. The zero-order valence-corrected chi connectivity index (χ0v) is 12.4. The zero-order valence-electron chi connectivity index (χ0n) is 11.5. The molecule has 2 rings (SSSR count). The summed E-state index contributed by atoms with van der Waals surface area (Å²) >= 11 is 0. The maximum Gasteiger partial charge on any atom is 0.238 e. The predicted octanol–water partition coefficient (Wildman–Crippen LogP) is 2.95. The molecule has 2 unspecified atom stereocenters. The van der Waals surface area contributed by atoms with Crippen molar-refractivity contribution in [2.24, 2.45) is 0 Å². The highest BCUT2D eigenvalue weighted by atomic mass is 31.2. The molecule has 2 N–H and O–H groups in total. The molecule has 0 spiro atoms. The SMILES string of the molecule is CC(C)c1cccc2c1OP(OC(CO)CO)C2C. The first kappa shape index (κ1) is 14.7. The first-order valence-corrected chi connectivity index (χ1v) is 7.81. The highest BCUT2D eigenvalue weighted by Crippen LogP contribution is 2.62. The molecule has 106 valence electrons. The van der Waals surface area contributed by atoms with Gasteiger partial charge in [0.25, 0.3) is 0 Å². The van der Waals surface area contributed by atoms with Gasteiger partial charge in [0.2, 0.25) is 8.38 Å². The molecule has 1 aliphatic rings. The van der Waals surface area contributed by atoms with Crippen LogP contribution in [0.3, 0.4) is 0 Å². The fraction of sp³-hybridized carbons (Fsp3) is 0.571. The second-order valence-electron chi connectivity index (χ2n) is 5.07. The van der Waals surface area contributed by atoms with Crippen LogP contribution in [0.25, 0.3) is 0 Å². The van der Waals surface area contributed by atoms with Crippen LogP contribution >= 0.6 is 8.38 Å². The van der Waals surface area contributed by atoms with Crippen molar-refractivity contribution in [3.63, 3.8) is 0 Å². The van der Waals surface area contributed by atoms with Gasteiger partial charge in [-0.3, -0.25) is 0 Å². The molecule has 1 aromatic rings. The third-order valence-electron chi connectivity index (χ3n) is 3.31. The monoisotopic (exact) mass is 284 g/mol. The number of rotatable bonds is 5. The second kappa shape index (κ2) is 6.19. The number of aliphatic hydroxyl groups excluding tert-OH is 2. The van der Waals surface area contributed by atoms with E-state index >= 15 is 0 Å². The Bertz CT molecular complexity index is 431. The minimum atomic E-state index is -1.15. The van der Waals surface area contributed by atoms with Gasteiger partial charge in [-0.25, -0.2) is 0 Å². The lowest BCUT2D eigenvalue weighted by Crippen LogP contribution is -2.20. The average Bonchev–Trinajstić information content (AvgIpc) is 2.72. The van der Waals surface area contributed by atoms with E-state index in [1.165, 1.54) is 5.56 Å². The van der Waals surface area contributed by atoms with Crippen LogP contribution in [0.1, 0.15) is 43.5 Å². The van der Waals surface area contributed by atoms with Crippen molar-refractivity contribution >= 4 is 8.38 Å². The summed E-state index contributed by atoms with van der Waals surface area (Å²) in [6.07, 6.45) is -0.564. The minimum Gasteiger partial charge on any atom is -0.446 e. The highest BCUT2D eigenvalue weighted by Gasteiger charge is 2.36. The molecule has 0 fully saturated rings. The molecule has 1 aromatic carbocycles. The van der Waals surface area contributed by atoms with Crippen LogP contribution in [0, 0.1) is 0 Å². The summed E-state index contributed by atoms with van der Waals surface area (Å²) in [5.74, 6) is 1.31. The van der Waals surface area contributed by atoms with Gasteiger partial charge in [0.15, 0.2) is 0 Å². The predicted molar refractivity (Wildman–Crippen MR) is 75.5 cm³/mol. The summed E-state index contributed by atoms with van der Waals surface area (Å²) in [5.41, 5.74) is 2.50. The Hall–Kier alpha value is -0.670. The van der Waals surface area contributed by atoms with Gasteiger partial charge in [-0.15, -0.1) is 0 Å². The molecule has 4 nitrogen and oxygen atoms in total. The van der Waals surface area contributed by atoms with Crippen molar-refractivity contribution < 1.29 is 19.3 Å². The van der Waals surface area contributed by atoms with Crippen molar-refractivity contribution in [1.82, 2.24) is 0 Å².